The van der Waals surface area contributed by atoms with Crippen molar-refractivity contribution in [1.29, 1.82) is 0 Å². The molecule has 0 radical (unpaired) electrons. The molecule has 0 atom stereocenters. The highest BCUT2D eigenvalue weighted by Crippen LogP contribution is 2.19. The second kappa shape index (κ2) is 6.02. The number of hydrogen-bond acceptors (Lipinski definition) is 2. The van der Waals surface area contributed by atoms with Gasteiger partial charge in [-0.25, -0.2) is 4.98 Å². The molecule has 0 aliphatic heterocycles. The van der Waals surface area contributed by atoms with Crippen molar-refractivity contribution in [1.82, 2.24) is 4.98 Å². The van der Waals surface area contributed by atoms with Gasteiger partial charge < -0.3 is 4.74 Å². The lowest BCUT2D eigenvalue weighted by Crippen LogP contribution is -1.96. The maximum atomic E-state index is 5.63. The van der Waals surface area contributed by atoms with Gasteiger partial charge in [0.15, 0.2) is 0 Å². The fraction of sp³-hybridized carbons (Fsp3) is 0.0556. The highest BCUT2D eigenvalue weighted by molar-refractivity contribution is 5.63. The predicted molar refractivity (Wildman–Crippen MR) is 80.4 cm³/mol. The number of hydrogen-bond donors (Lipinski definition) is 0. The van der Waals surface area contributed by atoms with E-state index in [-0.39, 0.29) is 0 Å². The van der Waals surface area contributed by atoms with Gasteiger partial charge in [-0.2, -0.15) is 0 Å². The van der Waals surface area contributed by atoms with Crippen LogP contribution in [0.5, 0.6) is 5.88 Å². The summed E-state index contributed by atoms with van der Waals surface area (Å²) in [6.45, 7) is 0.534. The van der Waals surface area contributed by atoms with Gasteiger partial charge in [0.25, 0.3) is 0 Å². The Balaban J connectivity index is 1.68. The SMILES string of the molecule is c1ccc(-c2ccc(COc3ccccn3)cc2)cc1. The summed E-state index contributed by atoms with van der Waals surface area (Å²) in [5, 5.41) is 0. The molecule has 3 aromatic rings. The second-order valence-corrected chi connectivity index (χ2v) is 4.52. The Morgan fingerprint density at radius 3 is 2.10 bits per heavy atom. The van der Waals surface area contributed by atoms with Gasteiger partial charge in [0.2, 0.25) is 5.88 Å². The van der Waals surface area contributed by atoms with E-state index in [9.17, 15) is 0 Å². The Morgan fingerprint density at radius 1 is 0.700 bits per heavy atom. The zero-order valence-electron chi connectivity index (χ0n) is 11.1. The first-order valence-electron chi connectivity index (χ1n) is 6.60. The lowest BCUT2D eigenvalue weighted by molar-refractivity contribution is 0.294. The van der Waals surface area contributed by atoms with Gasteiger partial charge in [-0.05, 0) is 22.8 Å². The van der Waals surface area contributed by atoms with Crippen molar-refractivity contribution in [2.75, 3.05) is 0 Å². The Kier molecular flexibility index (Phi) is 3.74. The smallest absolute Gasteiger partial charge is 0.213 e. The van der Waals surface area contributed by atoms with E-state index in [0.717, 1.165) is 5.56 Å². The third kappa shape index (κ3) is 3.04. The normalized spacial score (nSPS) is 10.2. The summed E-state index contributed by atoms with van der Waals surface area (Å²) in [5.74, 6) is 0.652. The van der Waals surface area contributed by atoms with E-state index in [1.54, 1.807) is 6.20 Å². The molecule has 0 amide bonds. The van der Waals surface area contributed by atoms with E-state index in [2.05, 4.69) is 41.4 Å². The Labute approximate surface area is 118 Å². The first-order valence-corrected chi connectivity index (χ1v) is 6.60. The Bertz CT molecular complexity index is 648. The molecular formula is C18H15NO. The zero-order chi connectivity index (χ0) is 13.6. The highest BCUT2D eigenvalue weighted by atomic mass is 16.5. The quantitative estimate of drug-likeness (QED) is 0.697. The summed E-state index contributed by atoms with van der Waals surface area (Å²) < 4.78 is 5.63. The summed E-state index contributed by atoms with van der Waals surface area (Å²) >= 11 is 0. The van der Waals surface area contributed by atoms with Crippen LogP contribution in [0.1, 0.15) is 5.56 Å². The third-order valence-corrected chi connectivity index (χ3v) is 3.09. The van der Waals surface area contributed by atoms with Crippen molar-refractivity contribution >= 4 is 0 Å². The van der Waals surface area contributed by atoms with Gasteiger partial charge in [-0.15, -0.1) is 0 Å². The molecule has 0 unspecified atom stereocenters. The van der Waals surface area contributed by atoms with Crippen molar-refractivity contribution in [2.24, 2.45) is 0 Å². The van der Waals surface area contributed by atoms with E-state index < -0.39 is 0 Å². The summed E-state index contributed by atoms with van der Waals surface area (Å²) in [6.07, 6.45) is 1.73. The largest absolute Gasteiger partial charge is 0.473 e. The van der Waals surface area contributed by atoms with Crippen LogP contribution in [-0.2, 0) is 6.61 Å². The van der Waals surface area contributed by atoms with Gasteiger partial charge in [-0.3, -0.25) is 0 Å². The summed E-state index contributed by atoms with van der Waals surface area (Å²) in [4.78, 5) is 4.14. The van der Waals surface area contributed by atoms with Crippen LogP contribution in [0.3, 0.4) is 0 Å². The van der Waals surface area contributed by atoms with Crippen LogP contribution < -0.4 is 4.74 Å². The molecule has 3 rings (SSSR count). The molecule has 0 fully saturated rings. The molecule has 0 saturated carbocycles. The van der Waals surface area contributed by atoms with Gasteiger partial charge in [-0.1, -0.05) is 60.7 Å². The second-order valence-electron chi connectivity index (χ2n) is 4.52. The number of ether oxygens (including phenoxy) is 1. The monoisotopic (exact) mass is 261 g/mol. The van der Waals surface area contributed by atoms with E-state index in [1.165, 1.54) is 11.1 Å². The molecule has 2 nitrogen and oxygen atoms in total. The minimum Gasteiger partial charge on any atom is -0.473 e. The number of aromatic nitrogens is 1. The van der Waals surface area contributed by atoms with Gasteiger partial charge in [0.05, 0.1) is 0 Å². The fourth-order valence-corrected chi connectivity index (χ4v) is 2.01. The Morgan fingerprint density at radius 2 is 1.40 bits per heavy atom. The van der Waals surface area contributed by atoms with E-state index in [1.807, 2.05) is 36.4 Å². The van der Waals surface area contributed by atoms with Crippen LogP contribution in [-0.4, -0.2) is 4.98 Å². The number of rotatable bonds is 4. The number of nitrogens with zero attached hydrogens (tertiary/aromatic N) is 1. The van der Waals surface area contributed by atoms with Crippen molar-refractivity contribution in [2.45, 2.75) is 6.61 Å². The fourth-order valence-electron chi connectivity index (χ4n) is 2.01. The molecule has 2 heteroatoms. The maximum Gasteiger partial charge on any atom is 0.213 e. The van der Waals surface area contributed by atoms with Crippen molar-refractivity contribution in [3.05, 3.63) is 84.6 Å². The van der Waals surface area contributed by atoms with E-state index in [4.69, 9.17) is 4.74 Å². The molecule has 1 aromatic heterocycles. The van der Waals surface area contributed by atoms with E-state index >= 15 is 0 Å². The Hall–Kier alpha value is -2.61. The molecule has 1 heterocycles. The topological polar surface area (TPSA) is 22.1 Å². The van der Waals surface area contributed by atoms with E-state index in [0.29, 0.717) is 12.5 Å². The van der Waals surface area contributed by atoms with Crippen LogP contribution in [0.4, 0.5) is 0 Å². The number of benzene rings is 2. The van der Waals surface area contributed by atoms with Crippen LogP contribution in [0.15, 0.2) is 79.0 Å². The maximum absolute atomic E-state index is 5.63. The van der Waals surface area contributed by atoms with Gasteiger partial charge in [0, 0.05) is 12.3 Å². The van der Waals surface area contributed by atoms with Crippen LogP contribution >= 0.6 is 0 Å². The first kappa shape index (κ1) is 12.4. The summed E-state index contributed by atoms with van der Waals surface area (Å²) in [5.41, 5.74) is 3.58. The predicted octanol–water partition coefficient (Wildman–Crippen LogP) is 4.33. The zero-order valence-corrected chi connectivity index (χ0v) is 11.1. The third-order valence-electron chi connectivity index (χ3n) is 3.09. The molecule has 0 N–H and O–H groups in total. The lowest BCUT2D eigenvalue weighted by atomic mass is 10.0. The first-order chi connectivity index (χ1) is 9.92. The number of pyridine rings is 1. The minimum atomic E-state index is 0.534. The van der Waals surface area contributed by atoms with Crippen LogP contribution in [0.2, 0.25) is 0 Å². The molecule has 0 bridgehead atoms. The minimum absolute atomic E-state index is 0.534. The summed E-state index contributed by atoms with van der Waals surface area (Å²) in [7, 11) is 0. The van der Waals surface area contributed by atoms with Gasteiger partial charge in [0.1, 0.15) is 6.61 Å². The molecule has 0 aliphatic rings. The van der Waals surface area contributed by atoms with Crippen LogP contribution in [0.25, 0.3) is 11.1 Å². The average molecular weight is 261 g/mol. The van der Waals surface area contributed by atoms with Crippen LogP contribution in [0, 0.1) is 0 Å². The van der Waals surface area contributed by atoms with Crippen molar-refractivity contribution < 1.29 is 4.74 Å². The standard InChI is InChI=1S/C18H15NO/c1-2-6-16(7-3-1)17-11-9-15(10-12-17)14-20-18-8-4-5-13-19-18/h1-13H,14H2. The molecule has 2 aromatic carbocycles. The lowest BCUT2D eigenvalue weighted by Gasteiger charge is -2.06. The van der Waals surface area contributed by atoms with Gasteiger partial charge >= 0.3 is 0 Å². The summed E-state index contributed by atoms with van der Waals surface area (Å²) in [6, 6.07) is 24.4. The van der Waals surface area contributed by atoms with Crippen molar-refractivity contribution in [3.63, 3.8) is 0 Å². The highest BCUT2D eigenvalue weighted by Gasteiger charge is 1.99. The van der Waals surface area contributed by atoms with Crippen molar-refractivity contribution in [3.8, 4) is 17.0 Å². The molecule has 0 spiro atoms. The molecular weight excluding hydrogens is 246 g/mol. The molecule has 20 heavy (non-hydrogen) atoms. The average Bonchev–Trinajstić information content (AvgIpc) is 2.55. The molecule has 0 saturated heterocycles. The molecule has 0 aliphatic carbocycles. The molecule has 98 valence electrons.